The van der Waals surface area contributed by atoms with Gasteiger partial charge in [-0.05, 0) is 67.1 Å². The number of halogens is 2. The fraction of sp³-hybridized carbons (Fsp3) is 0.269. The predicted octanol–water partition coefficient (Wildman–Crippen LogP) is 4.86. The maximum atomic E-state index is 13.3. The fourth-order valence-corrected chi connectivity index (χ4v) is 5.05. The molecule has 0 radical (unpaired) electrons. The maximum absolute atomic E-state index is 13.3. The van der Waals surface area contributed by atoms with Crippen LogP contribution in [0.1, 0.15) is 29.9 Å². The number of carbonyl (C=O) groups excluding carboxylic acids is 1. The first-order valence-electron chi connectivity index (χ1n) is 12.2. The minimum absolute atomic E-state index is 0.184. The van der Waals surface area contributed by atoms with Crippen LogP contribution >= 0.6 is 11.6 Å². The molecule has 1 saturated heterocycles. The molecule has 194 valence electrons. The van der Waals surface area contributed by atoms with Gasteiger partial charge in [0, 0.05) is 37.2 Å². The number of carbonyl (C=O) groups is 1. The van der Waals surface area contributed by atoms with Crippen LogP contribution in [0.2, 0.25) is 0 Å². The lowest BCUT2D eigenvalue weighted by Gasteiger charge is -2.32. The Hall–Kier alpha value is -4.25. The summed E-state index contributed by atoms with van der Waals surface area (Å²) in [6, 6.07) is 11.5. The third-order valence-corrected chi connectivity index (χ3v) is 7.02. The van der Waals surface area contributed by atoms with Crippen molar-refractivity contribution in [1.82, 2.24) is 34.1 Å². The van der Waals surface area contributed by atoms with E-state index in [9.17, 15) is 9.18 Å². The Morgan fingerprint density at radius 2 is 1.84 bits per heavy atom. The molecule has 0 bridgehead atoms. The second kappa shape index (κ2) is 9.90. The summed E-state index contributed by atoms with van der Waals surface area (Å²) in [5.74, 6) is 1.59. The van der Waals surface area contributed by atoms with E-state index in [2.05, 4.69) is 25.5 Å². The van der Waals surface area contributed by atoms with Gasteiger partial charge in [0.05, 0.1) is 0 Å². The molecule has 1 amide bonds. The van der Waals surface area contributed by atoms with Crippen LogP contribution in [-0.2, 0) is 4.79 Å². The number of hydrogen-bond donors (Lipinski definition) is 1. The predicted molar refractivity (Wildman–Crippen MR) is 140 cm³/mol. The van der Waals surface area contributed by atoms with Crippen LogP contribution in [0.3, 0.4) is 0 Å². The molecule has 1 fully saturated rings. The van der Waals surface area contributed by atoms with Crippen LogP contribution in [0.5, 0.6) is 11.5 Å². The molecular weight excluding hydrogens is 511 g/mol. The molecule has 1 aliphatic heterocycles. The zero-order valence-electron chi connectivity index (χ0n) is 20.5. The molecule has 38 heavy (non-hydrogen) atoms. The number of nitrogens with zero attached hydrogens (tertiary/aromatic N) is 7. The topological polar surface area (TPSA) is 102 Å². The molecule has 1 aliphatic rings. The summed E-state index contributed by atoms with van der Waals surface area (Å²) in [5.41, 5.74) is 2.47. The van der Waals surface area contributed by atoms with Gasteiger partial charge in [-0.2, -0.15) is 10.2 Å². The van der Waals surface area contributed by atoms with Crippen LogP contribution in [0.4, 0.5) is 15.9 Å². The van der Waals surface area contributed by atoms with Crippen molar-refractivity contribution in [2.75, 3.05) is 18.4 Å². The normalized spacial score (nSPS) is 15.2. The lowest BCUT2D eigenvalue weighted by molar-refractivity contribution is -0.134. The number of aromatic nitrogens is 6. The zero-order chi connectivity index (χ0) is 26.2. The molecule has 4 aromatic heterocycles. The van der Waals surface area contributed by atoms with Crippen molar-refractivity contribution in [2.24, 2.45) is 0 Å². The van der Waals surface area contributed by atoms with E-state index in [1.54, 1.807) is 15.2 Å². The van der Waals surface area contributed by atoms with Crippen LogP contribution < -0.4 is 10.1 Å². The van der Waals surface area contributed by atoms with E-state index in [0.29, 0.717) is 43.1 Å². The summed E-state index contributed by atoms with van der Waals surface area (Å²) in [7, 11) is 0. The lowest BCUT2D eigenvalue weighted by Crippen LogP contribution is -2.40. The molecule has 5 aromatic rings. The van der Waals surface area contributed by atoms with Gasteiger partial charge < -0.3 is 15.0 Å². The number of hydrogen-bond acceptors (Lipinski definition) is 7. The van der Waals surface area contributed by atoms with E-state index >= 15 is 0 Å². The molecule has 1 N–H and O–H groups in total. The van der Waals surface area contributed by atoms with Crippen LogP contribution in [0, 0.1) is 6.92 Å². The average Bonchev–Trinajstić information content (AvgIpc) is 3.57. The SMILES string of the molecule is Cc1cc(Nc2ncnn3ccc(C4CCN(C(=O)[C@H](F)Cl)CC4)c23)ccc1Oc1ccn2ncnc2c1. The number of amides is 1. The fourth-order valence-electron chi connectivity index (χ4n) is 4.91. The molecule has 10 nitrogen and oxygen atoms in total. The first-order valence-corrected chi connectivity index (χ1v) is 12.6. The highest BCUT2D eigenvalue weighted by atomic mass is 35.5. The van der Waals surface area contributed by atoms with E-state index in [-0.39, 0.29) is 5.92 Å². The van der Waals surface area contributed by atoms with Gasteiger partial charge in [-0.3, -0.25) is 4.79 Å². The molecule has 0 spiro atoms. The van der Waals surface area contributed by atoms with Gasteiger partial charge in [-0.1, -0.05) is 11.6 Å². The van der Waals surface area contributed by atoms with Crippen molar-refractivity contribution >= 4 is 40.2 Å². The van der Waals surface area contributed by atoms with E-state index < -0.39 is 11.5 Å². The van der Waals surface area contributed by atoms with Crippen molar-refractivity contribution in [2.45, 2.75) is 31.3 Å². The summed E-state index contributed by atoms with van der Waals surface area (Å²) in [6.07, 6.45) is 8.12. The molecule has 12 heteroatoms. The highest BCUT2D eigenvalue weighted by Crippen LogP contribution is 2.35. The quantitative estimate of drug-likeness (QED) is 0.310. The largest absolute Gasteiger partial charge is 0.457 e. The van der Waals surface area contributed by atoms with E-state index in [1.807, 2.05) is 49.5 Å². The van der Waals surface area contributed by atoms with E-state index in [1.165, 1.54) is 17.6 Å². The van der Waals surface area contributed by atoms with Crippen molar-refractivity contribution < 1.29 is 13.9 Å². The number of benzene rings is 1. The molecule has 0 aliphatic carbocycles. The van der Waals surface area contributed by atoms with Crippen molar-refractivity contribution in [3.05, 3.63) is 72.6 Å². The van der Waals surface area contributed by atoms with Crippen molar-refractivity contribution in [3.63, 3.8) is 0 Å². The molecule has 1 atom stereocenters. The number of anilines is 2. The Balaban J connectivity index is 1.21. The van der Waals surface area contributed by atoms with Gasteiger partial charge in [0.2, 0.25) is 0 Å². The minimum atomic E-state index is -2.00. The molecular formula is C26H24ClFN8O2. The third kappa shape index (κ3) is 4.60. The third-order valence-electron chi connectivity index (χ3n) is 6.84. The second-order valence-corrected chi connectivity index (χ2v) is 9.59. The first-order chi connectivity index (χ1) is 18.5. The maximum Gasteiger partial charge on any atom is 0.272 e. The van der Waals surface area contributed by atoms with Crippen molar-refractivity contribution in [1.29, 1.82) is 0 Å². The Morgan fingerprint density at radius 3 is 2.63 bits per heavy atom. The second-order valence-electron chi connectivity index (χ2n) is 9.21. The highest BCUT2D eigenvalue weighted by Gasteiger charge is 2.29. The highest BCUT2D eigenvalue weighted by molar-refractivity contribution is 6.29. The number of rotatable bonds is 6. The van der Waals surface area contributed by atoms with E-state index in [4.69, 9.17) is 16.3 Å². The monoisotopic (exact) mass is 534 g/mol. The Bertz CT molecular complexity index is 1630. The van der Waals surface area contributed by atoms with E-state index in [0.717, 1.165) is 28.1 Å². The zero-order valence-corrected chi connectivity index (χ0v) is 21.2. The molecule has 1 aromatic carbocycles. The first kappa shape index (κ1) is 24.1. The molecule has 5 heterocycles. The van der Waals surface area contributed by atoms with Crippen LogP contribution in [0.25, 0.3) is 11.2 Å². The molecule has 0 unspecified atom stereocenters. The summed E-state index contributed by atoms with van der Waals surface area (Å²) in [4.78, 5) is 22.1. The smallest absolute Gasteiger partial charge is 0.272 e. The van der Waals surface area contributed by atoms with Crippen LogP contribution in [0.15, 0.2) is 61.4 Å². The number of nitrogens with one attached hydrogen (secondary N) is 1. The Labute approximate surface area is 222 Å². The van der Waals surface area contributed by atoms with Crippen LogP contribution in [-0.4, -0.2) is 58.7 Å². The van der Waals surface area contributed by atoms with Gasteiger partial charge in [0.15, 0.2) is 11.5 Å². The standard InChI is InChI=1S/C26H24ClFN8O2/c1-16-12-18(2-3-21(16)38-19-6-10-35-22(13-19)29-14-31-35)33-25-23-20(7-11-36(23)32-15-30-25)17-4-8-34(9-5-17)26(37)24(27)28/h2-3,6-7,10-15,17,24H,4-5,8-9H2,1H3,(H,30,32,33)/t24-/m0/s1. The number of likely N-dealkylation sites (tertiary alicyclic amines) is 1. The Kier molecular flexibility index (Phi) is 6.28. The van der Waals surface area contributed by atoms with Crippen molar-refractivity contribution in [3.8, 4) is 11.5 Å². The minimum Gasteiger partial charge on any atom is -0.457 e. The van der Waals surface area contributed by atoms with Gasteiger partial charge in [0.25, 0.3) is 11.5 Å². The number of pyridine rings is 1. The number of aryl methyl sites for hydroxylation is 1. The number of ether oxygens (including phenoxy) is 1. The summed E-state index contributed by atoms with van der Waals surface area (Å²) >= 11 is 5.35. The molecule has 6 rings (SSSR count). The summed E-state index contributed by atoms with van der Waals surface area (Å²) < 4.78 is 22.8. The van der Waals surface area contributed by atoms with Gasteiger partial charge in [0.1, 0.15) is 29.7 Å². The Morgan fingerprint density at radius 1 is 1.08 bits per heavy atom. The van der Waals surface area contributed by atoms with Gasteiger partial charge >= 0.3 is 0 Å². The number of piperidine rings is 1. The summed E-state index contributed by atoms with van der Waals surface area (Å²) in [6.45, 7) is 2.89. The number of alkyl halides is 2. The molecule has 0 saturated carbocycles. The van der Waals surface area contributed by atoms with Gasteiger partial charge in [-0.15, -0.1) is 0 Å². The summed E-state index contributed by atoms with van der Waals surface area (Å²) in [5, 5.41) is 11.9. The number of fused-ring (bicyclic) bond motifs is 2. The lowest BCUT2D eigenvalue weighted by atomic mass is 9.90. The van der Waals surface area contributed by atoms with Gasteiger partial charge in [-0.25, -0.2) is 23.4 Å². The average molecular weight is 535 g/mol.